The van der Waals surface area contributed by atoms with Crippen molar-refractivity contribution in [3.63, 3.8) is 0 Å². The lowest BCUT2D eigenvalue weighted by atomic mass is 10.2. The predicted molar refractivity (Wildman–Crippen MR) is 91.0 cm³/mol. The van der Waals surface area contributed by atoms with Gasteiger partial charge in [-0.1, -0.05) is 0 Å². The van der Waals surface area contributed by atoms with E-state index in [4.69, 9.17) is 9.47 Å². The fourth-order valence-corrected chi connectivity index (χ4v) is 2.97. The molecule has 1 fully saturated rings. The summed E-state index contributed by atoms with van der Waals surface area (Å²) in [5.74, 6) is 0.792. The molecule has 3 rings (SSSR count). The quantitative estimate of drug-likeness (QED) is 0.759. The van der Waals surface area contributed by atoms with E-state index in [0.717, 1.165) is 12.1 Å². The Morgan fingerprint density at radius 3 is 2.88 bits per heavy atom. The molecule has 7 heteroatoms. The van der Waals surface area contributed by atoms with Gasteiger partial charge in [0.05, 0.1) is 24.0 Å². The highest BCUT2D eigenvalue weighted by Crippen LogP contribution is 2.22. The van der Waals surface area contributed by atoms with Crippen molar-refractivity contribution >= 4 is 5.91 Å². The largest absolute Gasteiger partial charge is 0.490 e. The summed E-state index contributed by atoms with van der Waals surface area (Å²) < 4.78 is 11.2. The molecule has 3 heterocycles. The van der Waals surface area contributed by atoms with Gasteiger partial charge in [0.1, 0.15) is 12.4 Å². The van der Waals surface area contributed by atoms with Crippen LogP contribution in [-0.2, 0) is 16.0 Å². The first-order chi connectivity index (χ1) is 12.3. The molecule has 1 amide bonds. The van der Waals surface area contributed by atoms with E-state index in [-0.39, 0.29) is 18.1 Å². The van der Waals surface area contributed by atoms with Gasteiger partial charge in [-0.05, 0) is 25.0 Å². The number of nitrogens with zero attached hydrogens (tertiary/aromatic N) is 4. The Morgan fingerprint density at radius 1 is 1.28 bits per heavy atom. The van der Waals surface area contributed by atoms with Crippen molar-refractivity contribution in [1.29, 1.82) is 0 Å². The van der Waals surface area contributed by atoms with Crippen LogP contribution in [-0.4, -0.2) is 58.2 Å². The second kappa shape index (κ2) is 8.53. The molecule has 0 N–H and O–H groups in total. The van der Waals surface area contributed by atoms with E-state index in [2.05, 4.69) is 15.0 Å². The maximum absolute atomic E-state index is 12.7. The summed E-state index contributed by atoms with van der Waals surface area (Å²) in [6, 6.07) is 3.68. The first-order valence-electron chi connectivity index (χ1n) is 8.36. The topological polar surface area (TPSA) is 77.4 Å². The maximum Gasteiger partial charge on any atom is 0.223 e. The van der Waals surface area contributed by atoms with Crippen LogP contribution >= 0.6 is 0 Å². The second-order valence-electron chi connectivity index (χ2n) is 5.99. The molecule has 0 radical (unpaired) electrons. The molecule has 0 bridgehead atoms. The molecule has 1 aliphatic rings. The van der Waals surface area contributed by atoms with Crippen LogP contribution < -0.4 is 4.74 Å². The van der Waals surface area contributed by atoms with Crippen LogP contribution in [0, 0.1) is 0 Å². The summed E-state index contributed by atoms with van der Waals surface area (Å²) in [5.41, 5.74) is 0.821. The average Bonchev–Trinajstić information content (AvgIpc) is 3.09. The van der Waals surface area contributed by atoms with Gasteiger partial charge in [-0.3, -0.25) is 19.7 Å². The number of carbonyl (C=O) groups excluding carboxylic acids is 1. The zero-order valence-electron chi connectivity index (χ0n) is 14.2. The number of ether oxygens (including phenoxy) is 2. The van der Waals surface area contributed by atoms with E-state index in [9.17, 15) is 4.79 Å². The van der Waals surface area contributed by atoms with Crippen LogP contribution in [0.1, 0.15) is 18.5 Å². The molecule has 0 aliphatic carbocycles. The fraction of sp³-hybridized carbons (Fsp3) is 0.444. The number of aryl methyl sites for hydroxylation is 1. The van der Waals surface area contributed by atoms with Crippen molar-refractivity contribution in [3.05, 3.63) is 48.8 Å². The number of rotatable bonds is 7. The Labute approximate surface area is 147 Å². The highest BCUT2D eigenvalue weighted by molar-refractivity contribution is 5.77. The molecule has 0 saturated carbocycles. The Morgan fingerprint density at radius 2 is 2.16 bits per heavy atom. The fourth-order valence-electron chi connectivity index (χ4n) is 2.97. The standard InChI is InChI=1S/C18H22N4O3/c1-24-17-9-15(13-25-16-3-2-6-19-11-16)22(12-17)18(23)5-4-14-10-20-7-8-21-14/h2-3,6-8,10-11,15,17H,4-5,9,12-13H2,1H3/t15-,17+/m0/s1. The first-order valence-corrected chi connectivity index (χ1v) is 8.36. The molecule has 7 nitrogen and oxygen atoms in total. The zero-order chi connectivity index (χ0) is 17.5. The summed E-state index contributed by atoms with van der Waals surface area (Å²) in [5, 5.41) is 0. The Hall–Kier alpha value is -2.54. The smallest absolute Gasteiger partial charge is 0.223 e. The number of hydrogen-bond acceptors (Lipinski definition) is 6. The normalized spacial score (nSPS) is 19.8. The van der Waals surface area contributed by atoms with Gasteiger partial charge in [0.25, 0.3) is 0 Å². The number of methoxy groups -OCH3 is 1. The van der Waals surface area contributed by atoms with Crippen LogP contribution in [0.5, 0.6) is 5.75 Å². The van der Waals surface area contributed by atoms with Gasteiger partial charge in [0.2, 0.25) is 5.91 Å². The minimum Gasteiger partial charge on any atom is -0.490 e. The van der Waals surface area contributed by atoms with E-state index in [0.29, 0.717) is 31.7 Å². The van der Waals surface area contributed by atoms with Crippen LogP contribution in [0.25, 0.3) is 0 Å². The lowest BCUT2D eigenvalue weighted by Crippen LogP contribution is -2.39. The van der Waals surface area contributed by atoms with E-state index >= 15 is 0 Å². The van der Waals surface area contributed by atoms with Gasteiger partial charge in [0.15, 0.2) is 0 Å². The van der Waals surface area contributed by atoms with Gasteiger partial charge < -0.3 is 14.4 Å². The van der Waals surface area contributed by atoms with Crippen molar-refractivity contribution < 1.29 is 14.3 Å². The molecule has 2 aromatic heterocycles. The van der Waals surface area contributed by atoms with Crippen molar-refractivity contribution in [2.24, 2.45) is 0 Å². The third-order valence-corrected chi connectivity index (χ3v) is 4.32. The van der Waals surface area contributed by atoms with Crippen LogP contribution in [0.2, 0.25) is 0 Å². The molecule has 132 valence electrons. The lowest BCUT2D eigenvalue weighted by Gasteiger charge is -2.24. The van der Waals surface area contributed by atoms with E-state index in [1.807, 2.05) is 17.0 Å². The van der Waals surface area contributed by atoms with Crippen molar-refractivity contribution in [2.45, 2.75) is 31.4 Å². The SMILES string of the molecule is CO[C@@H]1C[C@@H](COc2cccnc2)N(C(=O)CCc2cnccn2)C1. The molecule has 1 aliphatic heterocycles. The highest BCUT2D eigenvalue weighted by atomic mass is 16.5. The van der Waals surface area contributed by atoms with E-state index < -0.39 is 0 Å². The van der Waals surface area contributed by atoms with E-state index in [1.165, 1.54) is 0 Å². The summed E-state index contributed by atoms with van der Waals surface area (Å²) in [4.78, 5) is 26.8. The molecule has 2 atom stereocenters. The number of carbonyl (C=O) groups is 1. The Kier molecular flexibility index (Phi) is 5.90. The summed E-state index contributed by atoms with van der Waals surface area (Å²) in [6.45, 7) is 1.03. The predicted octanol–water partition coefficient (Wildman–Crippen LogP) is 1.50. The minimum atomic E-state index is -0.000450. The third kappa shape index (κ3) is 4.73. The molecule has 0 aromatic carbocycles. The lowest BCUT2D eigenvalue weighted by molar-refractivity contribution is -0.132. The molecule has 1 saturated heterocycles. The molecular weight excluding hydrogens is 320 g/mol. The highest BCUT2D eigenvalue weighted by Gasteiger charge is 2.35. The Bertz CT molecular complexity index is 669. The van der Waals surface area contributed by atoms with E-state index in [1.54, 1.807) is 38.1 Å². The van der Waals surface area contributed by atoms with Gasteiger partial charge >= 0.3 is 0 Å². The van der Waals surface area contributed by atoms with Gasteiger partial charge in [-0.25, -0.2) is 0 Å². The zero-order valence-corrected chi connectivity index (χ0v) is 14.2. The monoisotopic (exact) mass is 342 g/mol. The number of amides is 1. The summed E-state index contributed by atoms with van der Waals surface area (Å²) in [7, 11) is 1.68. The number of hydrogen-bond donors (Lipinski definition) is 0. The van der Waals surface area contributed by atoms with Crippen molar-refractivity contribution in [1.82, 2.24) is 19.9 Å². The molecule has 0 unspecified atom stereocenters. The van der Waals surface area contributed by atoms with Crippen LogP contribution in [0.4, 0.5) is 0 Å². The average molecular weight is 342 g/mol. The maximum atomic E-state index is 12.7. The Balaban J connectivity index is 1.57. The molecule has 2 aromatic rings. The second-order valence-corrected chi connectivity index (χ2v) is 5.99. The minimum absolute atomic E-state index is 0.000450. The number of pyridine rings is 1. The summed E-state index contributed by atoms with van der Waals surface area (Å²) >= 11 is 0. The number of likely N-dealkylation sites (tertiary alicyclic amines) is 1. The molecular formula is C18H22N4O3. The van der Waals surface area contributed by atoms with Gasteiger partial charge in [0, 0.05) is 44.9 Å². The third-order valence-electron chi connectivity index (χ3n) is 4.32. The molecule has 0 spiro atoms. The van der Waals surface area contributed by atoms with Crippen LogP contribution in [0.3, 0.4) is 0 Å². The van der Waals surface area contributed by atoms with Crippen LogP contribution in [0.15, 0.2) is 43.1 Å². The van der Waals surface area contributed by atoms with Crippen molar-refractivity contribution in [2.75, 3.05) is 20.3 Å². The molecule has 25 heavy (non-hydrogen) atoms. The van der Waals surface area contributed by atoms with Gasteiger partial charge in [-0.15, -0.1) is 0 Å². The van der Waals surface area contributed by atoms with Crippen molar-refractivity contribution in [3.8, 4) is 5.75 Å². The first kappa shape index (κ1) is 17.3. The van der Waals surface area contributed by atoms with Gasteiger partial charge in [-0.2, -0.15) is 0 Å². The summed E-state index contributed by atoms with van der Waals surface area (Å²) in [6.07, 6.45) is 10.1. The number of aromatic nitrogens is 3.